The van der Waals surface area contributed by atoms with E-state index >= 15 is 0 Å². The maximum atomic E-state index is 14.0. The molecule has 1 aromatic heterocycles. The first-order valence-electron chi connectivity index (χ1n) is 11.0. The van der Waals surface area contributed by atoms with Gasteiger partial charge in [0.25, 0.3) is 11.5 Å². The number of hydrogen-bond acceptors (Lipinski definition) is 4. The number of aromatic nitrogens is 2. The monoisotopic (exact) mass is 438 g/mol. The second-order valence-electron chi connectivity index (χ2n) is 8.18. The van der Waals surface area contributed by atoms with Crippen molar-refractivity contribution in [3.63, 3.8) is 0 Å². The van der Waals surface area contributed by atoms with E-state index in [4.69, 9.17) is 0 Å². The molecule has 1 aliphatic heterocycles. The third-order valence-electron chi connectivity index (χ3n) is 5.92. The second kappa shape index (κ2) is 9.91. The van der Waals surface area contributed by atoms with Crippen LogP contribution in [-0.2, 0) is 6.54 Å². The SMILES string of the molecule is O=C(NCCCN1CCCCC1)c1ccc2c(=O)n(Cc3ccccc3F)c(=O)[nH]c2c1. The van der Waals surface area contributed by atoms with E-state index in [0.29, 0.717) is 12.1 Å². The maximum Gasteiger partial charge on any atom is 0.329 e. The van der Waals surface area contributed by atoms with Crippen LogP contribution in [0.1, 0.15) is 41.6 Å². The van der Waals surface area contributed by atoms with Crippen molar-refractivity contribution >= 4 is 16.8 Å². The summed E-state index contributed by atoms with van der Waals surface area (Å²) in [5.41, 5.74) is -0.270. The largest absolute Gasteiger partial charge is 0.352 e. The second-order valence-corrected chi connectivity index (χ2v) is 8.18. The molecule has 2 aromatic carbocycles. The lowest BCUT2D eigenvalue weighted by Crippen LogP contribution is -2.35. The van der Waals surface area contributed by atoms with E-state index in [0.717, 1.165) is 30.6 Å². The van der Waals surface area contributed by atoms with E-state index in [-0.39, 0.29) is 28.9 Å². The molecule has 7 nitrogen and oxygen atoms in total. The van der Waals surface area contributed by atoms with E-state index in [1.54, 1.807) is 18.2 Å². The molecule has 32 heavy (non-hydrogen) atoms. The number of carbonyl (C=O) groups excluding carboxylic acids is 1. The van der Waals surface area contributed by atoms with Crippen molar-refractivity contribution in [2.45, 2.75) is 32.2 Å². The van der Waals surface area contributed by atoms with Gasteiger partial charge < -0.3 is 15.2 Å². The van der Waals surface area contributed by atoms with Gasteiger partial charge in [0, 0.05) is 17.7 Å². The molecule has 4 rings (SSSR count). The van der Waals surface area contributed by atoms with Crippen LogP contribution in [0, 0.1) is 5.82 Å². The van der Waals surface area contributed by atoms with Gasteiger partial charge in [0.15, 0.2) is 0 Å². The molecule has 0 radical (unpaired) electrons. The first-order chi connectivity index (χ1) is 15.5. The van der Waals surface area contributed by atoms with E-state index in [2.05, 4.69) is 15.2 Å². The minimum atomic E-state index is -0.648. The van der Waals surface area contributed by atoms with Crippen molar-refractivity contribution in [1.29, 1.82) is 0 Å². The Morgan fingerprint density at radius 3 is 2.62 bits per heavy atom. The summed E-state index contributed by atoms with van der Waals surface area (Å²) in [6.45, 7) is 3.61. The quantitative estimate of drug-likeness (QED) is 0.555. The van der Waals surface area contributed by atoms with Gasteiger partial charge in [0.05, 0.1) is 17.4 Å². The Balaban J connectivity index is 1.45. The van der Waals surface area contributed by atoms with Crippen molar-refractivity contribution < 1.29 is 9.18 Å². The Labute approximate surface area is 184 Å². The predicted octanol–water partition coefficient (Wildman–Crippen LogP) is 2.48. The van der Waals surface area contributed by atoms with Gasteiger partial charge in [-0.3, -0.25) is 14.2 Å². The molecule has 0 unspecified atom stereocenters. The van der Waals surface area contributed by atoms with E-state index in [1.165, 1.54) is 43.5 Å². The Kier molecular flexibility index (Phi) is 6.80. The Morgan fingerprint density at radius 2 is 1.84 bits per heavy atom. The van der Waals surface area contributed by atoms with E-state index in [9.17, 15) is 18.8 Å². The third kappa shape index (κ3) is 4.96. The van der Waals surface area contributed by atoms with Crippen LogP contribution in [0.3, 0.4) is 0 Å². The lowest BCUT2D eigenvalue weighted by atomic mass is 10.1. The van der Waals surface area contributed by atoms with Gasteiger partial charge in [0.1, 0.15) is 5.82 Å². The number of amides is 1. The van der Waals surface area contributed by atoms with Gasteiger partial charge in [-0.1, -0.05) is 24.6 Å². The summed E-state index contributed by atoms with van der Waals surface area (Å²) in [4.78, 5) is 42.9. The number of piperidine rings is 1. The average Bonchev–Trinajstić information content (AvgIpc) is 2.81. The molecule has 8 heteroatoms. The summed E-state index contributed by atoms with van der Waals surface area (Å²) in [6.07, 6.45) is 4.65. The number of likely N-dealkylation sites (tertiary alicyclic amines) is 1. The van der Waals surface area contributed by atoms with E-state index in [1.807, 2.05) is 0 Å². The molecule has 1 saturated heterocycles. The van der Waals surface area contributed by atoms with E-state index < -0.39 is 17.1 Å². The molecular formula is C24H27FN4O3. The topological polar surface area (TPSA) is 87.2 Å². The van der Waals surface area contributed by atoms with Crippen molar-refractivity contribution in [3.05, 3.63) is 80.2 Å². The zero-order chi connectivity index (χ0) is 22.5. The minimum absolute atomic E-state index is 0.171. The highest BCUT2D eigenvalue weighted by Gasteiger charge is 2.13. The number of hydrogen-bond donors (Lipinski definition) is 2. The molecule has 2 heterocycles. The van der Waals surface area contributed by atoms with Crippen LogP contribution in [0.5, 0.6) is 0 Å². The van der Waals surface area contributed by atoms with Gasteiger partial charge >= 0.3 is 5.69 Å². The molecule has 0 bridgehead atoms. The molecule has 0 saturated carbocycles. The normalized spacial score (nSPS) is 14.5. The molecule has 168 valence electrons. The average molecular weight is 439 g/mol. The van der Waals surface area contributed by atoms with Crippen molar-refractivity contribution in [2.24, 2.45) is 0 Å². The standard InChI is InChI=1S/C24H27FN4O3/c25-20-8-3-2-7-18(20)16-29-23(31)19-10-9-17(15-21(19)27-24(29)32)22(30)26-11-6-14-28-12-4-1-5-13-28/h2-3,7-10,15H,1,4-6,11-14,16H2,(H,26,30)(H,27,32). The number of aromatic amines is 1. The highest BCUT2D eigenvalue weighted by atomic mass is 19.1. The number of fused-ring (bicyclic) bond motifs is 1. The summed E-state index contributed by atoms with van der Waals surface area (Å²) in [7, 11) is 0. The highest BCUT2D eigenvalue weighted by Crippen LogP contribution is 2.12. The number of benzene rings is 2. The lowest BCUT2D eigenvalue weighted by Gasteiger charge is -2.26. The Bertz CT molecular complexity index is 1230. The first kappa shape index (κ1) is 22.0. The smallest absolute Gasteiger partial charge is 0.329 e. The van der Waals surface area contributed by atoms with Crippen molar-refractivity contribution in [1.82, 2.24) is 19.8 Å². The molecule has 0 atom stereocenters. The molecule has 0 spiro atoms. The molecule has 0 aliphatic carbocycles. The molecule has 1 amide bonds. The Morgan fingerprint density at radius 1 is 1.06 bits per heavy atom. The summed E-state index contributed by atoms with van der Waals surface area (Å²) < 4.78 is 14.9. The summed E-state index contributed by atoms with van der Waals surface area (Å²) >= 11 is 0. The molecular weight excluding hydrogens is 411 g/mol. The van der Waals surface area contributed by atoms with Gasteiger partial charge in [-0.25, -0.2) is 9.18 Å². The van der Waals surface area contributed by atoms with Crippen LogP contribution in [0.25, 0.3) is 10.9 Å². The van der Waals surface area contributed by atoms with Crippen LogP contribution in [-0.4, -0.2) is 46.5 Å². The van der Waals surface area contributed by atoms with Gasteiger partial charge in [-0.15, -0.1) is 0 Å². The maximum absolute atomic E-state index is 14.0. The fraction of sp³-hybridized carbons (Fsp3) is 0.375. The van der Waals surface area contributed by atoms with Gasteiger partial charge in [0.2, 0.25) is 0 Å². The number of halogens is 1. The van der Waals surface area contributed by atoms with Gasteiger partial charge in [-0.2, -0.15) is 0 Å². The predicted molar refractivity (Wildman–Crippen MR) is 122 cm³/mol. The summed E-state index contributed by atoms with van der Waals surface area (Å²) in [5.74, 6) is -0.729. The zero-order valence-electron chi connectivity index (χ0n) is 17.9. The van der Waals surface area contributed by atoms with Crippen LogP contribution in [0.4, 0.5) is 4.39 Å². The number of rotatable bonds is 7. The van der Waals surface area contributed by atoms with Crippen LogP contribution in [0.2, 0.25) is 0 Å². The number of carbonyl (C=O) groups is 1. The summed E-state index contributed by atoms with van der Waals surface area (Å²) in [5, 5.41) is 3.17. The molecule has 3 aromatic rings. The molecule has 1 aliphatic rings. The third-order valence-corrected chi connectivity index (χ3v) is 5.92. The highest BCUT2D eigenvalue weighted by molar-refractivity contribution is 5.97. The summed E-state index contributed by atoms with van der Waals surface area (Å²) in [6, 6.07) is 10.6. The zero-order valence-corrected chi connectivity index (χ0v) is 17.9. The lowest BCUT2D eigenvalue weighted by molar-refractivity contribution is 0.0951. The van der Waals surface area contributed by atoms with Gasteiger partial charge in [-0.05, 0) is 63.2 Å². The minimum Gasteiger partial charge on any atom is -0.352 e. The van der Waals surface area contributed by atoms with Crippen LogP contribution >= 0.6 is 0 Å². The molecule has 1 fully saturated rings. The Hall–Kier alpha value is -3.26. The number of nitrogens with zero attached hydrogens (tertiary/aromatic N) is 2. The van der Waals surface area contributed by atoms with Crippen molar-refractivity contribution in [2.75, 3.05) is 26.2 Å². The molecule has 2 N–H and O–H groups in total. The first-order valence-corrected chi connectivity index (χ1v) is 11.0. The fourth-order valence-corrected chi connectivity index (χ4v) is 4.13. The number of nitrogens with one attached hydrogen (secondary N) is 2. The van der Waals surface area contributed by atoms with Crippen LogP contribution < -0.4 is 16.6 Å². The van der Waals surface area contributed by atoms with Crippen LogP contribution in [0.15, 0.2) is 52.1 Å². The van der Waals surface area contributed by atoms with Crippen molar-refractivity contribution in [3.8, 4) is 0 Å². The fourth-order valence-electron chi connectivity index (χ4n) is 4.13. The number of H-pyrrole nitrogens is 1.